The van der Waals surface area contributed by atoms with Gasteiger partial charge in [-0.2, -0.15) is 0 Å². The maximum absolute atomic E-state index is 5.00. The molecule has 0 radical (unpaired) electrons. The summed E-state index contributed by atoms with van der Waals surface area (Å²) >= 11 is 0.309. The van der Waals surface area contributed by atoms with E-state index in [-0.39, 0.29) is 24.0 Å². The van der Waals surface area contributed by atoms with Crippen molar-refractivity contribution in [2.75, 3.05) is 36.0 Å². The Morgan fingerprint density at radius 1 is 0.645 bits per heavy atom. The molecule has 31 heavy (non-hydrogen) atoms. The van der Waals surface area contributed by atoms with Gasteiger partial charge >= 0.3 is 189 Å². The van der Waals surface area contributed by atoms with Crippen LogP contribution in [0.1, 0.15) is 66.2 Å². The van der Waals surface area contributed by atoms with Gasteiger partial charge in [0.2, 0.25) is 0 Å². The molecule has 1 aromatic heterocycles. The number of benzene rings is 2. The summed E-state index contributed by atoms with van der Waals surface area (Å²) in [4.78, 5) is 10.1. The standard InChI is InChI=1S/C26H38N3Se.HI/c1-5-9-17-29(18-10-6-2)22-12-14-24-26(20-22)30-25-19-21(11-13-23(25)27-24)28(15-7-3)16-8-4;/h11-14,19-20H,5-10,15-18H2,1-4H3;1H/q+1;/p-1. The van der Waals surface area contributed by atoms with Gasteiger partial charge in [-0.25, -0.2) is 0 Å². The molecule has 0 N–H and O–H groups in total. The van der Waals surface area contributed by atoms with Crippen molar-refractivity contribution in [3.05, 3.63) is 36.4 Å². The van der Waals surface area contributed by atoms with Crippen molar-refractivity contribution >= 4 is 45.4 Å². The zero-order valence-corrected chi connectivity index (χ0v) is 23.5. The molecule has 0 saturated heterocycles. The molecule has 3 nitrogen and oxygen atoms in total. The molecule has 0 amide bonds. The molecule has 1 heterocycles. The number of fused-ring (bicyclic) bond motifs is 2. The summed E-state index contributed by atoms with van der Waals surface area (Å²) in [6.07, 6.45) is 7.37. The predicted octanol–water partition coefficient (Wildman–Crippen LogP) is 3.76. The molecule has 0 aliphatic heterocycles. The molecular weight excluding hydrogens is 560 g/mol. The van der Waals surface area contributed by atoms with Gasteiger partial charge in [0, 0.05) is 0 Å². The molecule has 0 bridgehead atoms. The number of nitrogens with zero attached hydrogens (tertiary/aromatic N) is 3. The van der Waals surface area contributed by atoms with Crippen LogP contribution in [-0.4, -0.2) is 45.7 Å². The molecule has 0 atom stereocenters. The summed E-state index contributed by atoms with van der Waals surface area (Å²) in [7, 11) is 0. The minimum atomic E-state index is 0. The minimum absolute atomic E-state index is 0. The van der Waals surface area contributed by atoms with Gasteiger partial charge in [-0.3, -0.25) is 0 Å². The zero-order chi connectivity index (χ0) is 21.3. The minimum Gasteiger partial charge on any atom is -1.00 e. The maximum atomic E-state index is 5.00. The maximum Gasteiger partial charge on any atom is -1.00 e. The Morgan fingerprint density at radius 2 is 1.10 bits per heavy atom. The van der Waals surface area contributed by atoms with Gasteiger partial charge in [0.15, 0.2) is 0 Å². The molecule has 0 saturated carbocycles. The molecule has 0 fully saturated rings. The molecule has 0 unspecified atom stereocenters. The van der Waals surface area contributed by atoms with Crippen LogP contribution in [0.2, 0.25) is 0 Å². The summed E-state index contributed by atoms with van der Waals surface area (Å²) in [5.41, 5.74) is 5.08. The average Bonchev–Trinajstić information content (AvgIpc) is 2.77. The van der Waals surface area contributed by atoms with Gasteiger partial charge in [0.25, 0.3) is 0 Å². The van der Waals surface area contributed by atoms with E-state index < -0.39 is 0 Å². The van der Waals surface area contributed by atoms with Crippen molar-refractivity contribution in [2.45, 2.75) is 66.2 Å². The van der Waals surface area contributed by atoms with E-state index in [4.69, 9.17) is 4.98 Å². The summed E-state index contributed by atoms with van der Waals surface area (Å²) < 4.78 is 2.86. The van der Waals surface area contributed by atoms with Crippen molar-refractivity contribution in [1.29, 1.82) is 0 Å². The molecule has 170 valence electrons. The second-order valence-electron chi connectivity index (χ2n) is 8.20. The topological polar surface area (TPSA) is 19.4 Å². The smallest absolute Gasteiger partial charge is 1.00 e. The Labute approximate surface area is 212 Å². The van der Waals surface area contributed by atoms with E-state index in [9.17, 15) is 0 Å². The molecule has 3 aromatic rings. The average molecular weight is 598 g/mol. The van der Waals surface area contributed by atoms with Crippen molar-refractivity contribution in [3.63, 3.8) is 0 Å². The van der Waals surface area contributed by atoms with Crippen LogP contribution < -0.4 is 33.8 Å². The fourth-order valence-electron chi connectivity index (χ4n) is 3.97. The Kier molecular flexibility index (Phi) is 11.6. The van der Waals surface area contributed by atoms with Crippen LogP contribution in [-0.2, 0) is 0 Å². The molecule has 5 heteroatoms. The molecule has 0 aliphatic carbocycles. The van der Waals surface area contributed by atoms with E-state index >= 15 is 0 Å². The fourth-order valence-corrected chi connectivity index (χ4v) is 6.14. The van der Waals surface area contributed by atoms with Crippen LogP contribution in [0.3, 0.4) is 0 Å². The fraction of sp³-hybridized carbons (Fsp3) is 0.538. The van der Waals surface area contributed by atoms with Crippen LogP contribution in [0.5, 0.6) is 0 Å². The third-order valence-electron chi connectivity index (χ3n) is 5.63. The first-order valence-corrected chi connectivity index (χ1v) is 13.6. The third-order valence-corrected chi connectivity index (χ3v) is 7.92. The number of hydrogen-bond donors (Lipinski definition) is 0. The van der Waals surface area contributed by atoms with E-state index in [1.807, 2.05) is 0 Å². The van der Waals surface area contributed by atoms with Crippen LogP contribution in [0.25, 0.3) is 19.6 Å². The summed E-state index contributed by atoms with van der Waals surface area (Å²) in [5, 5.41) is 0. The van der Waals surface area contributed by atoms with Gasteiger partial charge in [-0.05, 0) is 0 Å². The van der Waals surface area contributed by atoms with Crippen molar-refractivity contribution in [1.82, 2.24) is 4.98 Å². The number of halogens is 1. The monoisotopic (exact) mass is 599 g/mol. The van der Waals surface area contributed by atoms with Crippen LogP contribution in [0.15, 0.2) is 36.4 Å². The molecule has 2 aromatic carbocycles. The summed E-state index contributed by atoms with van der Waals surface area (Å²) in [6.45, 7) is 13.7. The van der Waals surface area contributed by atoms with Gasteiger partial charge in [-0.1, -0.05) is 0 Å². The van der Waals surface area contributed by atoms with Gasteiger partial charge in [0.1, 0.15) is 0 Å². The quantitative estimate of drug-likeness (QED) is 0.180. The van der Waals surface area contributed by atoms with Crippen molar-refractivity contribution in [3.8, 4) is 0 Å². The van der Waals surface area contributed by atoms with Crippen LogP contribution in [0, 0.1) is 0 Å². The summed E-state index contributed by atoms with van der Waals surface area (Å²) in [6, 6.07) is 13.9. The first kappa shape index (κ1) is 26.3. The Bertz CT molecular complexity index is 932. The number of rotatable bonds is 12. The first-order chi connectivity index (χ1) is 14.7. The molecular formula is C26H38IN3Se. The Hall–Kier alpha value is -0.911. The number of unbranched alkanes of at least 4 members (excludes halogenated alkanes) is 2. The Morgan fingerprint density at radius 3 is 1.52 bits per heavy atom. The van der Waals surface area contributed by atoms with E-state index in [1.54, 1.807) is 0 Å². The molecule has 0 spiro atoms. The van der Waals surface area contributed by atoms with Crippen LogP contribution in [0.4, 0.5) is 11.4 Å². The van der Waals surface area contributed by atoms with Gasteiger partial charge in [0.05, 0.1) is 0 Å². The molecule has 0 aliphatic rings. The van der Waals surface area contributed by atoms with E-state index in [1.165, 1.54) is 69.5 Å². The summed E-state index contributed by atoms with van der Waals surface area (Å²) in [5.74, 6) is 0. The van der Waals surface area contributed by atoms with Crippen molar-refractivity contribution < 1.29 is 24.0 Å². The number of anilines is 2. The van der Waals surface area contributed by atoms with E-state index in [0.717, 1.165) is 26.2 Å². The third kappa shape index (κ3) is 7.03. The molecule has 3 rings (SSSR count). The Balaban J connectivity index is 0.00000341. The number of aromatic nitrogens is 1. The normalized spacial score (nSPS) is 11.0. The second-order valence-corrected chi connectivity index (χ2v) is 10.5. The first-order valence-electron chi connectivity index (χ1n) is 11.9. The van der Waals surface area contributed by atoms with E-state index in [0.29, 0.717) is 14.5 Å². The van der Waals surface area contributed by atoms with Gasteiger partial charge < -0.3 is 24.0 Å². The van der Waals surface area contributed by atoms with Crippen molar-refractivity contribution in [2.24, 2.45) is 0 Å². The SMILES string of the molecule is CCCCN(CCCC)c1ccc2nc3ccc(N(CCC)CCC)cc3[se+]c2c1.[I-]. The van der Waals surface area contributed by atoms with Gasteiger partial charge in [-0.15, -0.1) is 0 Å². The predicted molar refractivity (Wildman–Crippen MR) is 135 cm³/mol. The second kappa shape index (κ2) is 13.6. The zero-order valence-electron chi connectivity index (χ0n) is 19.7. The largest absolute Gasteiger partial charge is 1.00 e. The number of hydrogen-bond acceptors (Lipinski definition) is 3. The van der Waals surface area contributed by atoms with E-state index in [2.05, 4.69) is 73.9 Å². The van der Waals surface area contributed by atoms with Crippen LogP contribution >= 0.6 is 0 Å².